The first-order chi connectivity index (χ1) is 7.63. The minimum Gasteiger partial charge on any atom is -0.370 e. The van der Waals surface area contributed by atoms with Gasteiger partial charge in [-0.15, -0.1) is 0 Å². The first-order valence-corrected chi connectivity index (χ1v) is 5.76. The Hall–Kier alpha value is -1.22. The van der Waals surface area contributed by atoms with Crippen LogP contribution >= 0.6 is 11.6 Å². The lowest BCUT2D eigenvalue weighted by atomic mass is 10.2. The van der Waals surface area contributed by atoms with Crippen LogP contribution in [-0.2, 0) is 6.54 Å². The molecule has 0 aliphatic heterocycles. The molecule has 0 saturated heterocycles. The summed E-state index contributed by atoms with van der Waals surface area (Å²) in [7, 11) is 1.93. The molecule has 0 fully saturated rings. The van der Waals surface area contributed by atoms with E-state index >= 15 is 0 Å². The quantitative estimate of drug-likeness (QED) is 0.648. The van der Waals surface area contributed by atoms with E-state index in [4.69, 9.17) is 17.3 Å². The number of nitrogens with zero attached hydrogens (tertiary/aromatic N) is 2. The number of aliphatic imine (C=N–C) groups is 1. The summed E-state index contributed by atoms with van der Waals surface area (Å²) >= 11 is 5.91. The van der Waals surface area contributed by atoms with E-state index in [2.05, 4.69) is 11.9 Å². The molecule has 0 radical (unpaired) electrons. The Balaban J connectivity index is 2.60. The average Bonchev–Trinajstić information content (AvgIpc) is 2.25. The Morgan fingerprint density at radius 2 is 2.25 bits per heavy atom. The second-order valence-electron chi connectivity index (χ2n) is 3.73. The Morgan fingerprint density at radius 1 is 1.50 bits per heavy atom. The summed E-state index contributed by atoms with van der Waals surface area (Å²) < 4.78 is 0. The zero-order valence-electron chi connectivity index (χ0n) is 9.78. The topological polar surface area (TPSA) is 41.6 Å². The Bertz CT molecular complexity index is 363. The molecule has 0 unspecified atom stereocenters. The van der Waals surface area contributed by atoms with Crippen LogP contribution in [0.5, 0.6) is 0 Å². The fourth-order valence-corrected chi connectivity index (χ4v) is 1.55. The fraction of sp³-hybridized carbons (Fsp3) is 0.417. The lowest BCUT2D eigenvalue weighted by Crippen LogP contribution is -2.33. The van der Waals surface area contributed by atoms with Crippen LogP contribution in [0.25, 0.3) is 0 Å². The van der Waals surface area contributed by atoms with Crippen molar-refractivity contribution in [2.24, 2.45) is 10.7 Å². The molecule has 1 aromatic rings. The first kappa shape index (κ1) is 12.8. The normalized spacial score (nSPS) is 11.6. The lowest BCUT2D eigenvalue weighted by molar-refractivity contribution is 0.492. The summed E-state index contributed by atoms with van der Waals surface area (Å²) in [5, 5.41) is 0.745. The zero-order chi connectivity index (χ0) is 12.0. The minimum absolute atomic E-state index is 0.571. The van der Waals surface area contributed by atoms with Gasteiger partial charge in [0.25, 0.3) is 0 Å². The molecule has 0 aliphatic rings. The molecule has 16 heavy (non-hydrogen) atoms. The van der Waals surface area contributed by atoms with Gasteiger partial charge in [0, 0.05) is 25.2 Å². The number of benzene rings is 1. The molecule has 0 aromatic heterocycles. The molecule has 0 aliphatic carbocycles. The van der Waals surface area contributed by atoms with Gasteiger partial charge in [0.1, 0.15) is 0 Å². The van der Waals surface area contributed by atoms with Gasteiger partial charge in [-0.25, -0.2) is 0 Å². The monoisotopic (exact) mass is 239 g/mol. The minimum atomic E-state index is 0.571. The van der Waals surface area contributed by atoms with Crippen molar-refractivity contribution in [1.82, 2.24) is 4.90 Å². The van der Waals surface area contributed by atoms with E-state index in [-0.39, 0.29) is 0 Å². The maximum Gasteiger partial charge on any atom is 0.191 e. The van der Waals surface area contributed by atoms with Gasteiger partial charge in [0.05, 0.1) is 0 Å². The molecule has 1 aromatic carbocycles. The predicted molar refractivity (Wildman–Crippen MR) is 69.7 cm³/mol. The van der Waals surface area contributed by atoms with Gasteiger partial charge in [0.15, 0.2) is 5.96 Å². The molecule has 2 N–H and O–H groups in total. The number of halogens is 1. The van der Waals surface area contributed by atoms with Gasteiger partial charge in [-0.2, -0.15) is 0 Å². The van der Waals surface area contributed by atoms with Gasteiger partial charge in [0.2, 0.25) is 0 Å². The summed E-state index contributed by atoms with van der Waals surface area (Å²) in [6.45, 7) is 3.57. The molecule has 0 heterocycles. The summed E-state index contributed by atoms with van der Waals surface area (Å²) in [6.07, 6.45) is 1.01. The average molecular weight is 240 g/mol. The molecular weight excluding hydrogens is 222 g/mol. The molecule has 3 nitrogen and oxygen atoms in total. The number of rotatable bonds is 4. The van der Waals surface area contributed by atoms with Crippen molar-refractivity contribution in [3.8, 4) is 0 Å². The Labute approximate surface area is 102 Å². The van der Waals surface area contributed by atoms with Crippen LogP contribution in [0, 0.1) is 0 Å². The number of hydrogen-bond donors (Lipinski definition) is 1. The van der Waals surface area contributed by atoms with E-state index < -0.39 is 0 Å². The van der Waals surface area contributed by atoms with E-state index in [1.807, 2.05) is 36.2 Å². The van der Waals surface area contributed by atoms with Gasteiger partial charge >= 0.3 is 0 Å². The zero-order valence-corrected chi connectivity index (χ0v) is 10.5. The van der Waals surface area contributed by atoms with Crippen molar-refractivity contribution in [1.29, 1.82) is 0 Å². The highest BCUT2D eigenvalue weighted by Gasteiger charge is 2.02. The van der Waals surface area contributed by atoms with Crippen LogP contribution in [0.15, 0.2) is 29.3 Å². The van der Waals surface area contributed by atoms with E-state index in [1.54, 1.807) is 0 Å². The molecule has 1 rings (SSSR count). The van der Waals surface area contributed by atoms with Crippen LogP contribution in [0.1, 0.15) is 18.9 Å². The van der Waals surface area contributed by atoms with Crippen molar-refractivity contribution >= 4 is 17.6 Å². The van der Waals surface area contributed by atoms with Crippen molar-refractivity contribution in [3.63, 3.8) is 0 Å². The lowest BCUT2D eigenvalue weighted by Gasteiger charge is -2.18. The maximum atomic E-state index is 5.91. The second kappa shape index (κ2) is 6.38. The first-order valence-electron chi connectivity index (χ1n) is 5.39. The standard InChI is InChI=1S/C12H18ClN3/c1-3-7-15-12(14)16(2)9-10-5-4-6-11(13)8-10/h4-6,8H,3,7,9H2,1-2H3,(H2,14,15). The fourth-order valence-electron chi connectivity index (χ4n) is 1.34. The molecule has 88 valence electrons. The van der Waals surface area contributed by atoms with E-state index in [0.717, 1.165) is 30.1 Å². The van der Waals surface area contributed by atoms with Crippen LogP contribution in [0.3, 0.4) is 0 Å². The molecule has 0 amide bonds. The molecular formula is C12H18ClN3. The highest BCUT2D eigenvalue weighted by molar-refractivity contribution is 6.30. The van der Waals surface area contributed by atoms with E-state index in [1.165, 1.54) is 0 Å². The Morgan fingerprint density at radius 3 is 2.88 bits per heavy atom. The molecule has 4 heteroatoms. The predicted octanol–water partition coefficient (Wildman–Crippen LogP) is 2.50. The highest BCUT2D eigenvalue weighted by Crippen LogP contribution is 2.11. The maximum absolute atomic E-state index is 5.91. The molecule has 0 atom stereocenters. The van der Waals surface area contributed by atoms with Gasteiger partial charge in [-0.1, -0.05) is 30.7 Å². The smallest absolute Gasteiger partial charge is 0.191 e. The summed E-state index contributed by atoms with van der Waals surface area (Å²) in [5.74, 6) is 0.571. The van der Waals surface area contributed by atoms with Crippen molar-refractivity contribution in [3.05, 3.63) is 34.9 Å². The summed E-state index contributed by atoms with van der Waals surface area (Å²) in [4.78, 5) is 6.17. The van der Waals surface area contributed by atoms with E-state index in [9.17, 15) is 0 Å². The van der Waals surface area contributed by atoms with Crippen molar-refractivity contribution < 1.29 is 0 Å². The van der Waals surface area contributed by atoms with Crippen molar-refractivity contribution in [2.75, 3.05) is 13.6 Å². The SMILES string of the molecule is CCCN=C(N)N(C)Cc1cccc(Cl)c1. The highest BCUT2D eigenvalue weighted by atomic mass is 35.5. The third-order valence-corrected chi connectivity index (χ3v) is 2.43. The third kappa shape index (κ3) is 4.11. The van der Waals surface area contributed by atoms with Crippen LogP contribution in [-0.4, -0.2) is 24.5 Å². The molecule has 0 bridgehead atoms. The number of guanidine groups is 1. The van der Waals surface area contributed by atoms with Crippen molar-refractivity contribution in [2.45, 2.75) is 19.9 Å². The molecule has 0 saturated carbocycles. The number of nitrogens with two attached hydrogens (primary N) is 1. The Kier molecular flexibility index (Phi) is 5.12. The van der Waals surface area contributed by atoms with Crippen LogP contribution in [0.4, 0.5) is 0 Å². The summed E-state index contributed by atoms with van der Waals surface area (Å²) in [5.41, 5.74) is 6.96. The third-order valence-electron chi connectivity index (χ3n) is 2.20. The molecule has 0 spiro atoms. The summed E-state index contributed by atoms with van der Waals surface area (Å²) in [6, 6.07) is 7.76. The van der Waals surface area contributed by atoms with Crippen LogP contribution < -0.4 is 5.73 Å². The number of hydrogen-bond acceptors (Lipinski definition) is 1. The van der Waals surface area contributed by atoms with Gasteiger partial charge < -0.3 is 10.6 Å². The van der Waals surface area contributed by atoms with Crippen LogP contribution in [0.2, 0.25) is 5.02 Å². The van der Waals surface area contributed by atoms with Gasteiger partial charge in [-0.05, 0) is 24.1 Å². The van der Waals surface area contributed by atoms with Gasteiger partial charge in [-0.3, -0.25) is 4.99 Å². The largest absolute Gasteiger partial charge is 0.370 e. The van der Waals surface area contributed by atoms with E-state index in [0.29, 0.717) is 5.96 Å². The second-order valence-corrected chi connectivity index (χ2v) is 4.16.